The van der Waals surface area contributed by atoms with Crippen LogP contribution in [0.1, 0.15) is 98.7 Å². The summed E-state index contributed by atoms with van der Waals surface area (Å²) in [5, 5.41) is 15.3. The number of aliphatic hydroxyl groups is 1. The first kappa shape index (κ1) is 38.4. The van der Waals surface area contributed by atoms with Gasteiger partial charge in [-0.1, -0.05) is 46.3 Å². The lowest BCUT2D eigenvalue weighted by Crippen LogP contribution is -2.47. The van der Waals surface area contributed by atoms with Gasteiger partial charge in [0, 0.05) is 18.3 Å². The highest BCUT2D eigenvalue weighted by Crippen LogP contribution is 2.39. The van der Waals surface area contributed by atoms with Gasteiger partial charge in [0.25, 0.3) is 5.91 Å². The minimum atomic E-state index is -1.99. The highest BCUT2D eigenvalue weighted by molar-refractivity contribution is 7.09. The Labute approximate surface area is 260 Å². The number of aryl methyl sites for hydroxylation is 1. The average Bonchev–Trinajstić information content (AvgIpc) is 3.31. The Balaban J connectivity index is 2.87. The molecular formula is C33H58N2O5SSi. The van der Waals surface area contributed by atoms with Gasteiger partial charge in [-0.3, -0.25) is 14.4 Å². The summed E-state index contributed by atoms with van der Waals surface area (Å²) in [6.07, 6.45) is 6.98. The fraction of sp³-hybridized carbons (Fsp3) is 0.727. The lowest BCUT2D eigenvalue weighted by molar-refractivity contribution is -0.181. The van der Waals surface area contributed by atoms with Crippen molar-refractivity contribution in [2.45, 2.75) is 125 Å². The van der Waals surface area contributed by atoms with Crippen molar-refractivity contribution in [3.05, 3.63) is 33.3 Å². The Morgan fingerprint density at radius 2 is 1.76 bits per heavy atom. The maximum absolute atomic E-state index is 13.1. The molecule has 1 aromatic rings. The number of aliphatic hydroxyl groups excluding tert-OH is 1. The van der Waals surface area contributed by atoms with E-state index in [2.05, 4.69) is 70.2 Å². The number of Topliss-reactive ketones (excluding diaryl/α,β-unsaturated/α-hetero) is 1. The molecule has 0 fully saturated rings. The van der Waals surface area contributed by atoms with Crippen LogP contribution in [0.5, 0.6) is 0 Å². The van der Waals surface area contributed by atoms with E-state index >= 15 is 0 Å². The van der Waals surface area contributed by atoms with Crippen LogP contribution in [0.4, 0.5) is 0 Å². The number of rotatable bonds is 16. The van der Waals surface area contributed by atoms with Crippen LogP contribution in [0, 0.1) is 24.2 Å². The predicted octanol–water partition coefficient (Wildman–Crippen LogP) is 8.00. The van der Waals surface area contributed by atoms with Crippen molar-refractivity contribution in [1.82, 2.24) is 10.0 Å². The van der Waals surface area contributed by atoms with Crippen molar-refractivity contribution in [2.24, 2.45) is 17.3 Å². The van der Waals surface area contributed by atoms with Crippen LogP contribution in [0.3, 0.4) is 0 Å². The number of hydrogen-bond acceptors (Lipinski definition) is 7. The Morgan fingerprint density at radius 1 is 1.17 bits per heavy atom. The molecule has 4 atom stereocenters. The summed E-state index contributed by atoms with van der Waals surface area (Å²) in [5.74, 6) is -1.45. The van der Waals surface area contributed by atoms with Crippen LogP contribution >= 0.6 is 11.3 Å². The van der Waals surface area contributed by atoms with Gasteiger partial charge in [-0.25, -0.2) is 10.0 Å². The molecule has 0 spiro atoms. The van der Waals surface area contributed by atoms with E-state index in [0.717, 1.165) is 41.4 Å². The van der Waals surface area contributed by atoms with E-state index in [1.165, 1.54) is 25.3 Å². The number of hydrogen-bond donors (Lipinski definition) is 1. The van der Waals surface area contributed by atoms with E-state index < -0.39 is 31.7 Å². The molecule has 1 rings (SSSR count). The van der Waals surface area contributed by atoms with Crippen molar-refractivity contribution in [3.63, 3.8) is 0 Å². The van der Waals surface area contributed by atoms with Gasteiger partial charge in [-0.05, 0) is 96.0 Å². The first-order valence-electron chi connectivity index (χ1n) is 15.1. The van der Waals surface area contributed by atoms with Gasteiger partial charge in [0.05, 0.1) is 30.0 Å². The summed E-state index contributed by atoms with van der Waals surface area (Å²) in [7, 11) is 0.880. The third-order valence-corrected chi connectivity index (χ3v) is 14.2. The van der Waals surface area contributed by atoms with E-state index in [-0.39, 0.29) is 22.8 Å². The summed E-state index contributed by atoms with van der Waals surface area (Å²) < 4.78 is 6.88. The van der Waals surface area contributed by atoms with Crippen molar-refractivity contribution < 1.29 is 24.0 Å². The first-order valence-corrected chi connectivity index (χ1v) is 18.9. The molecule has 1 aromatic heterocycles. The molecule has 240 valence electrons. The minimum Gasteiger partial charge on any atom is -0.410 e. The maximum atomic E-state index is 13.1. The van der Waals surface area contributed by atoms with Gasteiger partial charge in [-0.15, -0.1) is 11.3 Å². The Kier molecular flexibility index (Phi) is 14.5. The van der Waals surface area contributed by atoms with Gasteiger partial charge in [0.15, 0.2) is 14.1 Å². The molecule has 9 heteroatoms. The van der Waals surface area contributed by atoms with Crippen LogP contribution in [0.25, 0.3) is 6.08 Å². The predicted molar refractivity (Wildman–Crippen MR) is 178 cm³/mol. The number of aromatic nitrogens is 1. The third kappa shape index (κ3) is 10.8. The van der Waals surface area contributed by atoms with E-state index in [0.29, 0.717) is 0 Å². The van der Waals surface area contributed by atoms with E-state index in [1.807, 2.05) is 13.8 Å². The van der Waals surface area contributed by atoms with Crippen molar-refractivity contribution in [1.29, 1.82) is 0 Å². The molecule has 7 nitrogen and oxygen atoms in total. The highest BCUT2D eigenvalue weighted by atomic mass is 32.1. The van der Waals surface area contributed by atoms with Gasteiger partial charge in [-0.2, -0.15) is 0 Å². The Morgan fingerprint density at radius 3 is 2.26 bits per heavy atom. The van der Waals surface area contributed by atoms with Gasteiger partial charge in [0.2, 0.25) is 0 Å². The van der Waals surface area contributed by atoms with Crippen molar-refractivity contribution in [2.75, 3.05) is 14.2 Å². The molecule has 0 bridgehead atoms. The molecule has 1 N–H and O–H groups in total. The van der Waals surface area contributed by atoms with Crippen LogP contribution < -0.4 is 0 Å². The van der Waals surface area contributed by atoms with Crippen molar-refractivity contribution in [3.8, 4) is 0 Å². The smallest absolute Gasteiger partial charge is 0.258 e. The first-order chi connectivity index (χ1) is 19.1. The number of allylic oxidation sites excluding steroid dienone is 1. The monoisotopic (exact) mass is 622 g/mol. The summed E-state index contributed by atoms with van der Waals surface area (Å²) in [4.78, 5) is 35.4. The average molecular weight is 623 g/mol. The zero-order valence-corrected chi connectivity index (χ0v) is 30.6. The summed E-state index contributed by atoms with van der Waals surface area (Å²) >= 11 is 1.66. The summed E-state index contributed by atoms with van der Waals surface area (Å²) in [6.45, 7) is 24.6. The normalized spacial score (nSPS) is 16.6. The van der Waals surface area contributed by atoms with Crippen LogP contribution in [-0.4, -0.2) is 61.5 Å². The van der Waals surface area contributed by atoms with Gasteiger partial charge >= 0.3 is 0 Å². The lowest BCUT2D eigenvalue weighted by Gasteiger charge is -2.39. The largest absolute Gasteiger partial charge is 0.410 e. The molecule has 1 heterocycles. The summed E-state index contributed by atoms with van der Waals surface area (Å²) in [5.41, 5.74) is 2.18. The molecule has 1 amide bonds. The SMILES string of the molecule is CON(C)C(=O)C(C)(C)C(=O)[C@H](C)[C@@H](O)[C@@H](C)CCCC(C)=CC[C@H](O[Si](C)(C)C(C)(C)C)C(C)=Cc1csc(C)n1. The molecule has 42 heavy (non-hydrogen) atoms. The fourth-order valence-corrected chi connectivity index (χ4v) is 6.63. The molecule has 0 aromatic carbocycles. The molecule has 0 aliphatic heterocycles. The standard InChI is InChI=1S/C33H58N2O5SSi/c1-22(16-15-17-23(2)29(36)25(4)30(37)33(9,10)31(38)35(11)39-12)18-19-28(40-42(13,14)32(6,7)8)24(3)20-27-21-41-26(5)34-27/h18,20-21,23,25,28-29,36H,15-17,19H2,1-14H3/t23-,25+,28-,29-/m0/s1. The Hall–Kier alpha value is -1.65. The molecule has 0 radical (unpaired) electrons. The topological polar surface area (TPSA) is 89.0 Å². The van der Waals surface area contributed by atoms with Crippen LogP contribution in [-0.2, 0) is 18.9 Å². The molecular weight excluding hydrogens is 565 g/mol. The third-order valence-electron chi connectivity index (χ3n) is 8.89. The second kappa shape index (κ2) is 15.9. The quantitative estimate of drug-likeness (QED) is 0.0870. The number of nitrogens with zero attached hydrogens (tertiary/aromatic N) is 2. The minimum absolute atomic E-state index is 0.0151. The second-order valence-corrected chi connectivity index (χ2v) is 19.8. The number of carbonyl (C=O) groups is 2. The number of ketones is 1. The second-order valence-electron chi connectivity index (χ2n) is 14.0. The van der Waals surface area contributed by atoms with Crippen LogP contribution in [0.15, 0.2) is 22.6 Å². The van der Waals surface area contributed by atoms with Gasteiger partial charge < -0.3 is 9.53 Å². The fourth-order valence-electron chi connectivity index (χ4n) is 4.71. The van der Waals surface area contributed by atoms with Crippen LogP contribution in [0.2, 0.25) is 18.1 Å². The molecule has 0 aliphatic carbocycles. The van der Waals surface area contributed by atoms with E-state index in [1.54, 1.807) is 32.1 Å². The van der Waals surface area contributed by atoms with Gasteiger partial charge in [0.1, 0.15) is 5.41 Å². The Bertz CT molecular complexity index is 1100. The number of hydroxylamine groups is 2. The molecule has 0 saturated carbocycles. The lowest BCUT2D eigenvalue weighted by atomic mass is 9.76. The van der Waals surface area contributed by atoms with Crippen molar-refractivity contribution >= 4 is 37.4 Å². The molecule has 0 saturated heterocycles. The summed E-state index contributed by atoms with van der Waals surface area (Å²) in [6, 6.07) is 0. The number of carbonyl (C=O) groups excluding carboxylic acids is 2. The zero-order valence-electron chi connectivity index (χ0n) is 28.8. The number of thiazole rings is 1. The van der Waals surface area contributed by atoms with E-state index in [9.17, 15) is 14.7 Å². The number of amides is 1. The molecule has 0 unspecified atom stereocenters. The zero-order chi connectivity index (χ0) is 32.6. The highest BCUT2D eigenvalue weighted by Gasteiger charge is 2.43. The maximum Gasteiger partial charge on any atom is 0.258 e. The van der Waals surface area contributed by atoms with E-state index in [4.69, 9.17) is 9.26 Å². The molecule has 0 aliphatic rings.